The largest absolute Gasteiger partial charge is 0.423 e. The van der Waals surface area contributed by atoms with E-state index in [1.54, 1.807) is 0 Å². The van der Waals surface area contributed by atoms with Crippen molar-refractivity contribution in [3.8, 4) is 0 Å². The minimum Gasteiger partial charge on any atom is -0.423 e. The summed E-state index contributed by atoms with van der Waals surface area (Å²) in [5, 5.41) is 6.16. The fraction of sp³-hybridized carbons (Fsp3) is 0.579. The van der Waals surface area contributed by atoms with E-state index in [4.69, 9.17) is 4.42 Å². The number of nitrogens with one attached hydrogen (secondary N) is 2. The number of benzene rings is 1. The molecular formula is C19H26N4O2. The monoisotopic (exact) mass is 342 g/mol. The maximum Gasteiger partial charge on any atom is 0.315 e. The lowest BCUT2D eigenvalue weighted by Crippen LogP contribution is -2.47. The summed E-state index contributed by atoms with van der Waals surface area (Å²) in [6, 6.07) is 9.02. The van der Waals surface area contributed by atoms with Gasteiger partial charge in [0.25, 0.3) is 6.01 Å². The number of rotatable bonds is 4. The summed E-state index contributed by atoms with van der Waals surface area (Å²) >= 11 is 0. The fourth-order valence-corrected chi connectivity index (χ4v) is 3.98. The summed E-state index contributed by atoms with van der Waals surface area (Å²) in [4.78, 5) is 19.0. The van der Waals surface area contributed by atoms with Crippen molar-refractivity contribution in [3.63, 3.8) is 0 Å². The quantitative estimate of drug-likeness (QED) is 0.893. The van der Waals surface area contributed by atoms with Crippen molar-refractivity contribution in [2.75, 3.05) is 18.0 Å². The van der Waals surface area contributed by atoms with Gasteiger partial charge in [-0.05, 0) is 37.8 Å². The Hall–Kier alpha value is -2.24. The number of fused-ring (bicyclic) bond motifs is 1. The van der Waals surface area contributed by atoms with Crippen LogP contribution in [0, 0.1) is 0 Å². The van der Waals surface area contributed by atoms with E-state index in [0.717, 1.165) is 43.3 Å². The third-order valence-corrected chi connectivity index (χ3v) is 5.34. The molecule has 6 heteroatoms. The molecule has 4 rings (SSSR count). The molecule has 2 aliphatic rings. The van der Waals surface area contributed by atoms with E-state index in [9.17, 15) is 4.79 Å². The van der Waals surface area contributed by atoms with Crippen molar-refractivity contribution < 1.29 is 9.21 Å². The van der Waals surface area contributed by atoms with Gasteiger partial charge in [-0.2, -0.15) is 4.98 Å². The summed E-state index contributed by atoms with van der Waals surface area (Å²) in [6.07, 6.45) is 8.08. The molecule has 6 nitrogen and oxygen atoms in total. The Morgan fingerprint density at radius 3 is 2.84 bits per heavy atom. The van der Waals surface area contributed by atoms with E-state index in [1.807, 2.05) is 24.3 Å². The Labute approximate surface area is 148 Å². The van der Waals surface area contributed by atoms with Gasteiger partial charge < -0.3 is 20.0 Å². The van der Waals surface area contributed by atoms with Crippen LogP contribution in [0.25, 0.3) is 11.1 Å². The van der Waals surface area contributed by atoms with Crippen LogP contribution in [-0.4, -0.2) is 36.2 Å². The van der Waals surface area contributed by atoms with Gasteiger partial charge in [-0.25, -0.2) is 4.79 Å². The normalized spacial score (nSPS) is 21.6. The third-order valence-electron chi connectivity index (χ3n) is 5.34. The van der Waals surface area contributed by atoms with Gasteiger partial charge in [-0.15, -0.1) is 0 Å². The molecular weight excluding hydrogens is 316 g/mol. The summed E-state index contributed by atoms with van der Waals surface area (Å²) in [7, 11) is 0. The third kappa shape index (κ3) is 3.72. The van der Waals surface area contributed by atoms with Gasteiger partial charge in [0.1, 0.15) is 5.52 Å². The van der Waals surface area contributed by atoms with Crippen LogP contribution in [-0.2, 0) is 0 Å². The number of hydrogen-bond donors (Lipinski definition) is 2. The zero-order valence-corrected chi connectivity index (χ0v) is 14.5. The SMILES string of the molecule is O=C(NCC1CCCN1c1nc2ccccc2o1)NC1CCCCC1. The van der Waals surface area contributed by atoms with E-state index < -0.39 is 0 Å². The Morgan fingerprint density at radius 1 is 1.16 bits per heavy atom. The second kappa shape index (κ2) is 7.33. The first-order valence-electron chi connectivity index (χ1n) is 9.46. The molecule has 0 spiro atoms. The van der Waals surface area contributed by atoms with E-state index in [2.05, 4.69) is 20.5 Å². The number of carbonyl (C=O) groups excluding carboxylic acids is 1. The van der Waals surface area contributed by atoms with Crippen LogP contribution in [0.3, 0.4) is 0 Å². The summed E-state index contributed by atoms with van der Waals surface area (Å²) in [5.41, 5.74) is 1.69. The highest BCUT2D eigenvalue weighted by Gasteiger charge is 2.29. The van der Waals surface area contributed by atoms with Gasteiger partial charge in [0.05, 0.1) is 6.04 Å². The maximum atomic E-state index is 12.2. The highest BCUT2D eigenvalue weighted by atomic mass is 16.4. The standard InChI is InChI=1S/C19H26N4O2/c24-18(21-14-7-2-1-3-8-14)20-13-15-9-6-12-23(15)19-22-16-10-4-5-11-17(16)25-19/h4-5,10-11,14-15H,1-3,6-9,12-13H2,(H2,20,21,24). The minimum atomic E-state index is -0.0451. The smallest absolute Gasteiger partial charge is 0.315 e. The number of aromatic nitrogens is 1. The Kier molecular flexibility index (Phi) is 4.76. The first-order chi connectivity index (χ1) is 12.3. The second-order valence-electron chi connectivity index (χ2n) is 7.14. The molecule has 1 unspecified atom stereocenters. The molecule has 1 aliphatic carbocycles. The maximum absolute atomic E-state index is 12.2. The van der Waals surface area contributed by atoms with Crippen LogP contribution in [0.15, 0.2) is 28.7 Å². The fourth-order valence-electron chi connectivity index (χ4n) is 3.98. The molecule has 2 aromatic rings. The Morgan fingerprint density at radius 2 is 2.00 bits per heavy atom. The predicted octanol–water partition coefficient (Wildman–Crippen LogP) is 3.43. The Balaban J connectivity index is 1.34. The molecule has 25 heavy (non-hydrogen) atoms. The van der Waals surface area contributed by atoms with Crippen LogP contribution in [0.4, 0.5) is 10.8 Å². The second-order valence-corrected chi connectivity index (χ2v) is 7.14. The van der Waals surface area contributed by atoms with Crippen LogP contribution in [0.5, 0.6) is 0 Å². The molecule has 1 atom stereocenters. The van der Waals surface area contributed by atoms with E-state index in [-0.39, 0.29) is 12.1 Å². The molecule has 2 amide bonds. The van der Waals surface area contributed by atoms with Gasteiger partial charge in [-0.1, -0.05) is 31.4 Å². The number of hydrogen-bond acceptors (Lipinski definition) is 4. The first kappa shape index (κ1) is 16.2. The number of anilines is 1. The van der Waals surface area contributed by atoms with Gasteiger partial charge in [0, 0.05) is 19.1 Å². The van der Waals surface area contributed by atoms with Crippen molar-refractivity contribution in [1.82, 2.24) is 15.6 Å². The van der Waals surface area contributed by atoms with Crippen molar-refractivity contribution in [3.05, 3.63) is 24.3 Å². The molecule has 1 aromatic carbocycles. The number of para-hydroxylation sites is 2. The zero-order valence-electron chi connectivity index (χ0n) is 14.5. The average molecular weight is 342 g/mol. The lowest BCUT2D eigenvalue weighted by atomic mass is 9.96. The molecule has 1 saturated carbocycles. The number of urea groups is 1. The highest BCUT2D eigenvalue weighted by Crippen LogP contribution is 2.28. The highest BCUT2D eigenvalue weighted by molar-refractivity contribution is 5.75. The number of carbonyl (C=O) groups is 1. The average Bonchev–Trinajstić information content (AvgIpc) is 3.27. The van der Waals surface area contributed by atoms with Crippen LogP contribution in [0.1, 0.15) is 44.9 Å². The summed E-state index contributed by atoms with van der Waals surface area (Å²) < 4.78 is 5.90. The lowest BCUT2D eigenvalue weighted by Gasteiger charge is -2.25. The van der Waals surface area contributed by atoms with Crippen molar-refractivity contribution in [2.24, 2.45) is 0 Å². The van der Waals surface area contributed by atoms with Crippen LogP contribution >= 0.6 is 0 Å². The van der Waals surface area contributed by atoms with Crippen LogP contribution in [0.2, 0.25) is 0 Å². The molecule has 0 radical (unpaired) electrons. The first-order valence-corrected chi connectivity index (χ1v) is 9.46. The molecule has 1 aromatic heterocycles. The molecule has 2 N–H and O–H groups in total. The minimum absolute atomic E-state index is 0.0451. The van der Waals surface area contributed by atoms with Gasteiger partial charge in [0.2, 0.25) is 0 Å². The van der Waals surface area contributed by atoms with Crippen molar-refractivity contribution >= 4 is 23.1 Å². The molecule has 1 aliphatic heterocycles. The summed E-state index contributed by atoms with van der Waals surface area (Å²) in [6.45, 7) is 1.54. The number of oxazole rings is 1. The molecule has 2 fully saturated rings. The predicted molar refractivity (Wildman–Crippen MR) is 97.8 cm³/mol. The lowest BCUT2D eigenvalue weighted by molar-refractivity contribution is 0.232. The number of amides is 2. The van der Waals surface area contributed by atoms with Gasteiger partial charge in [-0.3, -0.25) is 0 Å². The molecule has 2 heterocycles. The summed E-state index contributed by atoms with van der Waals surface area (Å²) in [5.74, 6) is 0. The molecule has 0 bridgehead atoms. The molecule has 134 valence electrons. The van der Waals surface area contributed by atoms with Gasteiger partial charge in [0.15, 0.2) is 5.58 Å². The molecule has 1 saturated heterocycles. The van der Waals surface area contributed by atoms with Crippen molar-refractivity contribution in [2.45, 2.75) is 57.0 Å². The van der Waals surface area contributed by atoms with Gasteiger partial charge >= 0.3 is 6.03 Å². The van der Waals surface area contributed by atoms with E-state index >= 15 is 0 Å². The topological polar surface area (TPSA) is 70.4 Å². The van der Waals surface area contributed by atoms with Crippen LogP contribution < -0.4 is 15.5 Å². The van der Waals surface area contributed by atoms with E-state index in [0.29, 0.717) is 18.6 Å². The Bertz CT molecular complexity index is 690. The zero-order chi connectivity index (χ0) is 17.1. The van der Waals surface area contributed by atoms with Crippen molar-refractivity contribution in [1.29, 1.82) is 0 Å². The van der Waals surface area contributed by atoms with E-state index in [1.165, 1.54) is 19.3 Å². The number of nitrogens with zero attached hydrogens (tertiary/aromatic N) is 2.